The minimum absolute atomic E-state index is 0.581. The summed E-state index contributed by atoms with van der Waals surface area (Å²) >= 11 is 0. The van der Waals surface area contributed by atoms with Crippen molar-refractivity contribution in [3.8, 4) is 0 Å². The summed E-state index contributed by atoms with van der Waals surface area (Å²) < 4.78 is 0. The molecule has 0 bridgehead atoms. The molecule has 1 atom stereocenters. The Bertz CT molecular complexity index is 98.0. The van der Waals surface area contributed by atoms with Crippen molar-refractivity contribution in [3.63, 3.8) is 0 Å². The molecule has 0 saturated heterocycles. The van der Waals surface area contributed by atoms with Crippen LogP contribution >= 0.6 is 0 Å². The quantitative estimate of drug-likeness (QED) is 0.661. The van der Waals surface area contributed by atoms with Gasteiger partial charge >= 0.3 is 0 Å². The third-order valence-electron chi connectivity index (χ3n) is 2.27. The van der Waals surface area contributed by atoms with Crippen LogP contribution in [0.25, 0.3) is 0 Å². The normalized spacial score (nSPS) is 14.2. The second-order valence-corrected chi connectivity index (χ2v) is 3.78. The molecule has 0 radical (unpaired) electrons. The van der Waals surface area contributed by atoms with E-state index in [0.717, 1.165) is 25.4 Å². The highest BCUT2D eigenvalue weighted by atomic mass is 15.2. The largest absolute Gasteiger partial charge is 0.329 e. The first-order valence-electron chi connectivity index (χ1n) is 5.09. The van der Waals surface area contributed by atoms with E-state index in [1.54, 1.807) is 0 Å². The van der Waals surface area contributed by atoms with Gasteiger partial charge in [-0.2, -0.15) is 0 Å². The molecule has 0 aliphatic heterocycles. The van der Waals surface area contributed by atoms with Gasteiger partial charge in [0.25, 0.3) is 0 Å². The Morgan fingerprint density at radius 2 is 1.83 bits per heavy atom. The summed E-state index contributed by atoms with van der Waals surface area (Å²) in [5, 5.41) is 0. The highest BCUT2D eigenvalue weighted by Gasteiger charge is 2.13. The van der Waals surface area contributed by atoms with E-state index in [-0.39, 0.29) is 0 Å². The fraction of sp³-hybridized carbons (Fsp3) is 1.00. The van der Waals surface area contributed by atoms with Gasteiger partial charge in [0.1, 0.15) is 0 Å². The van der Waals surface area contributed by atoms with E-state index < -0.39 is 0 Å². The zero-order valence-electron chi connectivity index (χ0n) is 9.01. The van der Waals surface area contributed by atoms with Crippen molar-refractivity contribution in [1.29, 1.82) is 0 Å². The number of likely N-dealkylation sites (N-methyl/N-ethyl adjacent to an activating group) is 1. The van der Waals surface area contributed by atoms with Crippen molar-refractivity contribution in [2.75, 3.05) is 19.6 Å². The molecule has 0 rings (SSSR count). The van der Waals surface area contributed by atoms with Crippen LogP contribution in [-0.2, 0) is 0 Å². The molecule has 0 aromatic carbocycles. The van der Waals surface area contributed by atoms with Gasteiger partial charge in [-0.25, -0.2) is 0 Å². The fourth-order valence-corrected chi connectivity index (χ4v) is 1.58. The maximum Gasteiger partial charge on any atom is 0.0215 e. The topological polar surface area (TPSA) is 29.3 Å². The summed E-state index contributed by atoms with van der Waals surface area (Å²) in [4.78, 5) is 2.48. The molecule has 0 fully saturated rings. The van der Waals surface area contributed by atoms with E-state index in [2.05, 4.69) is 32.6 Å². The first-order valence-corrected chi connectivity index (χ1v) is 5.09. The van der Waals surface area contributed by atoms with E-state index >= 15 is 0 Å². The van der Waals surface area contributed by atoms with Crippen molar-refractivity contribution < 1.29 is 0 Å². The van der Waals surface area contributed by atoms with Gasteiger partial charge in [0.05, 0.1) is 0 Å². The summed E-state index contributed by atoms with van der Waals surface area (Å²) in [6.07, 6.45) is 1.16. The van der Waals surface area contributed by atoms with Gasteiger partial charge in [-0.05, 0) is 18.9 Å². The standard InChI is InChI=1S/C10H24N2/c1-5-10(7-11)12(6-2)8-9(3)4/h9-10H,5-8,11H2,1-4H3. The Hall–Kier alpha value is -0.0800. The molecule has 2 nitrogen and oxygen atoms in total. The van der Waals surface area contributed by atoms with Gasteiger partial charge in [-0.1, -0.05) is 27.7 Å². The molecule has 2 heteroatoms. The third kappa shape index (κ3) is 4.07. The molecule has 12 heavy (non-hydrogen) atoms. The lowest BCUT2D eigenvalue weighted by Crippen LogP contribution is -2.41. The molecule has 74 valence electrons. The lowest BCUT2D eigenvalue weighted by molar-refractivity contribution is 0.183. The molecular formula is C10H24N2. The van der Waals surface area contributed by atoms with Gasteiger partial charge in [0.15, 0.2) is 0 Å². The van der Waals surface area contributed by atoms with Crippen LogP contribution in [0.3, 0.4) is 0 Å². The van der Waals surface area contributed by atoms with Gasteiger partial charge in [0.2, 0.25) is 0 Å². The van der Waals surface area contributed by atoms with Crippen molar-refractivity contribution >= 4 is 0 Å². The van der Waals surface area contributed by atoms with E-state index in [1.807, 2.05) is 0 Å². The van der Waals surface area contributed by atoms with Crippen LogP contribution in [0.1, 0.15) is 34.1 Å². The molecule has 0 amide bonds. The number of nitrogens with zero attached hydrogens (tertiary/aromatic N) is 1. The van der Waals surface area contributed by atoms with Crippen molar-refractivity contribution in [2.45, 2.75) is 40.2 Å². The SMILES string of the molecule is CCC(CN)N(CC)CC(C)C. The highest BCUT2D eigenvalue weighted by molar-refractivity contribution is 4.70. The zero-order valence-corrected chi connectivity index (χ0v) is 9.01. The molecule has 0 spiro atoms. The Kier molecular flexibility index (Phi) is 6.39. The average Bonchev–Trinajstić information content (AvgIpc) is 2.04. The lowest BCUT2D eigenvalue weighted by Gasteiger charge is -2.30. The van der Waals surface area contributed by atoms with Crippen LogP contribution in [0.15, 0.2) is 0 Å². The van der Waals surface area contributed by atoms with Gasteiger partial charge in [-0.15, -0.1) is 0 Å². The molecule has 0 saturated carbocycles. The Balaban J connectivity index is 3.92. The Morgan fingerprint density at radius 3 is 2.08 bits per heavy atom. The van der Waals surface area contributed by atoms with E-state index in [9.17, 15) is 0 Å². The van der Waals surface area contributed by atoms with Gasteiger partial charge in [0, 0.05) is 19.1 Å². The smallest absolute Gasteiger partial charge is 0.0215 e. The highest BCUT2D eigenvalue weighted by Crippen LogP contribution is 2.06. The molecule has 0 heterocycles. The van der Waals surface area contributed by atoms with Crippen LogP contribution in [-0.4, -0.2) is 30.6 Å². The molecule has 1 unspecified atom stereocenters. The summed E-state index contributed by atoms with van der Waals surface area (Å²) in [7, 11) is 0. The minimum Gasteiger partial charge on any atom is -0.329 e. The summed E-state index contributed by atoms with van der Waals surface area (Å²) in [6.45, 7) is 12.0. The average molecular weight is 172 g/mol. The molecule has 0 aromatic rings. The molecular weight excluding hydrogens is 148 g/mol. The second-order valence-electron chi connectivity index (χ2n) is 3.78. The van der Waals surface area contributed by atoms with Crippen LogP contribution in [0.5, 0.6) is 0 Å². The second kappa shape index (κ2) is 6.44. The number of hydrogen-bond donors (Lipinski definition) is 1. The number of rotatable bonds is 6. The summed E-state index contributed by atoms with van der Waals surface area (Å²) in [5.74, 6) is 0.741. The number of hydrogen-bond acceptors (Lipinski definition) is 2. The first kappa shape index (κ1) is 11.9. The fourth-order valence-electron chi connectivity index (χ4n) is 1.58. The van der Waals surface area contributed by atoms with Crippen LogP contribution in [0.2, 0.25) is 0 Å². The maximum atomic E-state index is 5.69. The van der Waals surface area contributed by atoms with Crippen LogP contribution < -0.4 is 5.73 Å². The molecule has 0 aliphatic rings. The van der Waals surface area contributed by atoms with Gasteiger partial charge < -0.3 is 5.73 Å². The monoisotopic (exact) mass is 172 g/mol. The van der Waals surface area contributed by atoms with E-state index in [1.165, 1.54) is 6.54 Å². The Morgan fingerprint density at radius 1 is 1.25 bits per heavy atom. The van der Waals surface area contributed by atoms with Crippen LogP contribution in [0, 0.1) is 5.92 Å². The van der Waals surface area contributed by atoms with Crippen molar-refractivity contribution in [2.24, 2.45) is 11.7 Å². The predicted molar refractivity (Wildman–Crippen MR) is 55.2 cm³/mol. The third-order valence-corrected chi connectivity index (χ3v) is 2.27. The van der Waals surface area contributed by atoms with Crippen molar-refractivity contribution in [1.82, 2.24) is 4.90 Å². The summed E-state index contributed by atoms with van der Waals surface area (Å²) in [6, 6.07) is 0.581. The molecule has 0 aliphatic carbocycles. The van der Waals surface area contributed by atoms with Crippen molar-refractivity contribution in [3.05, 3.63) is 0 Å². The van der Waals surface area contributed by atoms with E-state index in [4.69, 9.17) is 5.73 Å². The van der Waals surface area contributed by atoms with Gasteiger partial charge in [-0.3, -0.25) is 4.90 Å². The lowest BCUT2D eigenvalue weighted by atomic mass is 10.1. The first-order chi connectivity index (χ1) is 5.65. The van der Waals surface area contributed by atoms with Crippen LogP contribution in [0.4, 0.5) is 0 Å². The predicted octanol–water partition coefficient (Wildman–Crippen LogP) is 1.70. The molecule has 0 aromatic heterocycles. The zero-order chi connectivity index (χ0) is 9.56. The number of nitrogens with two attached hydrogens (primary N) is 1. The minimum atomic E-state index is 0.581. The maximum absolute atomic E-state index is 5.69. The Labute approximate surface area is 77.1 Å². The van der Waals surface area contributed by atoms with E-state index in [0.29, 0.717) is 6.04 Å². The summed E-state index contributed by atoms with van der Waals surface area (Å²) in [5.41, 5.74) is 5.69. The molecule has 2 N–H and O–H groups in total.